The third-order valence-electron chi connectivity index (χ3n) is 4.51. The highest BCUT2D eigenvalue weighted by molar-refractivity contribution is 7.89. The van der Waals surface area contributed by atoms with Crippen LogP contribution in [0.25, 0.3) is 0 Å². The fourth-order valence-corrected chi connectivity index (χ4v) is 5.08. The maximum absolute atomic E-state index is 13.3. The predicted octanol–water partition coefficient (Wildman–Crippen LogP) is 4.79. The molecule has 4 nitrogen and oxygen atoms in total. The van der Waals surface area contributed by atoms with Crippen molar-refractivity contribution in [2.75, 3.05) is 5.32 Å². The van der Waals surface area contributed by atoms with Gasteiger partial charge in [0.05, 0.1) is 5.69 Å². The van der Waals surface area contributed by atoms with Crippen molar-refractivity contribution in [2.45, 2.75) is 17.6 Å². The molecular formula is C20H16ClFN2O2S. The summed E-state index contributed by atoms with van der Waals surface area (Å²) in [6, 6.07) is 19.7. The first-order valence-corrected chi connectivity index (χ1v) is 10.1. The van der Waals surface area contributed by atoms with Crippen molar-refractivity contribution in [3.05, 3.63) is 94.8 Å². The molecule has 0 radical (unpaired) electrons. The first-order valence-electron chi connectivity index (χ1n) is 8.33. The van der Waals surface area contributed by atoms with Crippen LogP contribution < -0.4 is 5.32 Å². The monoisotopic (exact) mass is 402 g/mol. The Hall–Kier alpha value is -2.41. The van der Waals surface area contributed by atoms with Crippen LogP contribution in [0.5, 0.6) is 0 Å². The molecule has 0 saturated carbocycles. The summed E-state index contributed by atoms with van der Waals surface area (Å²) in [4.78, 5) is 0.204. The van der Waals surface area contributed by atoms with E-state index in [1.54, 1.807) is 54.6 Å². The molecule has 3 aromatic carbocycles. The average molecular weight is 403 g/mol. The highest BCUT2D eigenvalue weighted by Crippen LogP contribution is 2.40. The third kappa shape index (κ3) is 3.32. The second kappa shape index (κ2) is 6.96. The van der Waals surface area contributed by atoms with Crippen LogP contribution in [0.15, 0.2) is 77.7 Å². The van der Waals surface area contributed by atoms with Crippen molar-refractivity contribution in [1.29, 1.82) is 0 Å². The molecule has 1 atom stereocenters. The van der Waals surface area contributed by atoms with Crippen LogP contribution in [0.3, 0.4) is 0 Å². The summed E-state index contributed by atoms with van der Waals surface area (Å²) in [5.74, 6) is -0.369. The number of para-hydroxylation sites is 1. The number of anilines is 1. The van der Waals surface area contributed by atoms with Crippen LogP contribution >= 0.6 is 11.6 Å². The Labute approximate surface area is 162 Å². The van der Waals surface area contributed by atoms with Crippen molar-refractivity contribution in [3.8, 4) is 0 Å². The Bertz CT molecular complexity index is 1090. The number of benzene rings is 3. The van der Waals surface area contributed by atoms with Crippen molar-refractivity contribution in [2.24, 2.45) is 0 Å². The number of sulfonamides is 1. The molecule has 0 bridgehead atoms. The minimum atomic E-state index is -3.79. The average Bonchev–Trinajstić information content (AvgIpc) is 2.66. The van der Waals surface area contributed by atoms with Crippen LogP contribution in [-0.4, -0.2) is 12.7 Å². The highest BCUT2D eigenvalue weighted by Gasteiger charge is 2.39. The number of fused-ring (bicyclic) bond motifs is 1. The van der Waals surface area contributed by atoms with Gasteiger partial charge in [-0.15, -0.1) is 0 Å². The summed E-state index contributed by atoms with van der Waals surface area (Å²) in [6.45, 7) is 0.0832. The maximum atomic E-state index is 13.3. The molecule has 4 rings (SSSR count). The van der Waals surface area contributed by atoms with Crippen LogP contribution in [0.1, 0.15) is 17.3 Å². The van der Waals surface area contributed by atoms with E-state index in [0.29, 0.717) is 21.8 Å². The van der Waals surface area contributed by atoms with E-state index in [1.807, 2.05) is 6.07 Å². The van der Waals surface area contributed by atoms with Crippen molar-refractivity contribution in [3.63, 3.8) is 0 Å². The molecule has 0 spiro atoms. The van der Waals surface area contributed by atoms with Gasteiger partial charge in [0, 0.05) is 17.1 Å². The first kappa shape index (κ1) is 18.0. The van der Waals surface area contributed by atoms with Crippen molar-refractivity contribution in [1.82, 2.24) is 4.31 Å². The molecule has 27 heavy (non-hydrogen) atoms. The molecule has 1 aliphatic heterocycles. The number of nitrogens with zero attached hydrogens (tertiary/aromatic N) is 1. The van der Waals surface area contributed by atoms with Crippen LogP contribution in [0.4, 0.5) is 10.1 Å². The maximum Gasteiger partial charge on any atom is 0.247 e. The molecule has 3 aromatic rings. The molecule has 0 amide bonds. The summed E-state index contributed by atoms with van der Waals surface area (Å²) in [6.07, 6.45) is -0.677. The zero-order valence-electron chi connectivity index (χ0n) is 14.1. The van der Waals surface area contributed by atoms with Crippen molar-refractivity contribution < 1.29 is 12.8 Å². The topological polar surface area (TPSA) is 49.4 Å². The number of nitrogens with one attached hydrogen (secondary N) is 1. The van der Waals surface area contributed by atoms with Gasteiger partial charge < -0.3 is 5.32 Å². The SMILES string of the molecule is O=S1(=O)c2ccccc2N[C@H](c2ccccc2Cl)N1Cc1ccc(F)cc1. The fraction of sp³-hybridized carbons (Fsp3) is 0.100. The summed E-state index contributed by atoms with van der Waals surface area (Å²) in [5, 5.41) is 3.75. The normalized spacial score (nSPS) is 18.5. The van der Waals surface area contributed by atoms with E-state index in [0.717, 1.165) is 0 Å². The zero-order valence-corrected chi connectivity index (χ0v) is 15.7. The molecule has 0 saturated heterocycles. The Kier molecular flexibility index (Phi) is 4.63. The smallest absolute Gasteiger partial charge is 0.247 e. The second-order valence-corrected chi connectivity index (χ2v) is 8.51. The van der Waals surface area contributed by atoms with Crippen LogP contribution in [-0.2, 0) is 16.6 Å². The van der Waals surface area contributed by atoms with E-state index in [9.17, 15) is 12.8 Å². The number of halogens is 2. The van der Waals surface area contributed by atoms with Gasteiger partial charge in [0.2, 0.25) is 10.0 Å². The van der Waals surface area contributed by atoms with E-state index in [-0.39, 0.29) is 17.3 Å². The van der Waals surface area contributed by atoms with Gasteiger partial charge in [-0.05, 0) is 35.9 Å². The number of rotatable bonds is 3. The van der Waals surface area contributed by atoms with E-state index < -0.39 is 16.2 Å². The molecular weight excluding hydrogens is 387 g/mol. The van der Waals surface area contributed by atoms with E-state index >= 15 is 0 Å². The Morgan fingerprint density at radius 3 is 2.37 bits per heavy atom. The predicted molar refractivity (Wildman–Crippen MR) is 103 cm³/mol. The Morgan fingerprint density at radius 2 is 1.63 bits per heavy atom. The first-order chi connectivity index (χ1) is 13.0. The molecule has 0 unspecified atom stereocenters. The van der Waals surface area contributed by atoms with E-state index in [4.69, 9.17) is 11.6 Å². The van der Waals surface area contributed by atoms with Gasteiger partial charge in [0.15, 0.2) is 0 Å². The highest BCUT2D eigenvalue weighted by atomic mass is 35.5. The second-order valence-electron chi connectivity index (χ2n) is 6.24. The zero-order chi connectivity index (χ0) is 19.0. The van der Waals surface area contributed by atoms with Gasteiger partial charge in [-0.2, -0.15) is 4.31 Å². The van der Waals surface area contributed by atoms with Gasteiger partial charge in [-0.1, -0.05) is 54.1 Å². The molecule has 0 fully saturated rings. The van der Waals surface area contributed by atoms with Gasteiger partial charge in [-0.25, -0.2) is 12.8 Å². The number of hydrogen-bond donors (Lipinski definition) is 1. The lowest BCUT2D eigenvalue weighted by molar-refractivity contribution is 0.336. The molecule has 1 N–H and O–H groups in total. The standard InChI is InChI=1S/C20H16ClFN2O2S/c21-17-6-2-1-5-16(17)20-23-18-7-3-4-8-19(18)27(25,26)24(20)13-14-9-11-15(22)12-10-14/h1-12,20,23H,13H2/t20-/m0/s1. The van der Waals surface area contributed by atoms with Crippen LogP contribution in [0, 0.1) is 5.82 Å². The van der Waals surface area contributed by atoms with Crippen LogP contribution in [0.2, 0.25) is 5.02 Å². The van der Waals surface area contributed by atoms with Gasteiger partial charge in [0.25, 0.3) is 0 Å². The van der Waals surface area contributed by atoms with E-state index in [2.05, 4.69) is 5.32 Å². The molecule has 7 heteroatoms. The summed E-state index contributed by atoms with van der Waals surface area (Å²) in [7, 11) is -3.79. The third-order valence-corrected chi connectivity index (χ3v) is 6.72. The summed E-state index contributed by atoms with van der Waals surface area (Å²) < 4.78 is 41.3. The number of hydrogen-bond acceptors (Lipinski definition) is 3. The lowest BCUT2D eigenvalue weighted by Crippen LogP contribution is -2.42. The van der Waals surface area contributed by atoms with E-state index in [1.165, 1.54) is 16.4 Å². The van der Waals surface area contributed by atoms with Gasteiger partial charge in [0.1, 0.15) is 16.9 Å². The molecule has 0 aliphatic carbocycles. The molecule has 1 heterocycles. The largest absolute Gasteiger partial charge is 0.364 e. The minimum Gasteiger partial charge on any atom is -0.364 e. The van der Waals surface area contributed by atoms with Gasteiger partial charge in [-0.3, -0.25) is 0 Å². The Balaban J connectivity index is 1.84. The quantitative estimate of drug-likeness (QED) is 0.685. The van der Waals surface area contributed by atoms with Crippen molar-refractivity contribution >= 4 is 27.3 Å². The molecule has 0 aromatic heterocycles. The summed E-state index contributed by atoms with van der Waals surface area (Å²) >= 11 is 6.36. The lowest BCUT2D eigenvalue weighted by atomic mass is 10.1. The Morgan fingerprint density at radius 1 is 0.963 bits per heavy atom. The molecule has 138 valence electrons. The lowest BCUT2D eigenvalue weighted by Gasteiger charge is -2.37. The minimum absolute atomic E-state index is 0.0832. The van der Waals surface area contributed by atoms with Gasteiger partial charge >= 0.3 is 0 Å². The molecule has 1 aliphatic rings. The fourth-order valence-electron chi connectivity index (χ4n) is 3.17. The summed E-state index contributed by atoms with van der Waals surface area (Å²) in [5.41, 5.74) is 1.86.